The van der Waals surface area contributed by atoms with Crippen LogP contribution in [0.3, 0.4) is 0 Å². The van der Waals surface area contributed by atoms with Crippen LogP contribution in [0, 0.1) is 5.92 Å². The molecule has 0 aromatic heterocycles. The maximum absolute atomic E-state index is 5.50. The zero-order valence-corrected chi connectivity index (χ0v) is 9.84. The minimum absolute atomic E-state index is 0.842. The smallest absolute Gasteiger partial charge is 0.00947 e. The van der Waals surface area contributed by atoms with Crippen molar-refractivity contribution in [2.75, 3.05) is 20.1 Å². The minimum atomic E-state index is 0.842. The van der Waals surface area contributed by atoms with E-state index >= 15 is 0 Å². The molecule has 2 nitrogen and oxygen atoms in total. The van der Waals surface area contributed by atoms with Crippen molar-refractivity contribution in [3.63, 3.8) is 0 Å². The highest BCUT2D eigenvalue weighted by atomic mass is 15.1. The molecule has 0 aliphatic heterocycles. The fraction of sp³-hybridized carbons (Fsp3) is 1.00. The molecule has 2 unspecified atom stereocenters. The topological polar surface area (TPSA) is 29.3 Å². The van der Waals surface area contributed by atoms with Crippen LogP contribution in [0.5, 0.6) is 0 Å². The molecule has 0 bridgehead atoms. The molecule has 0 aromatic carbocycles. The average molecular weight is 198 g/mol. The Morgan fingerprint density at radius 1 is 1.29 bits per heavy atom. The molecule has 0 heterocycles. The molecule has 2 heteroatoms. The van der Waals surface area contributed by atoms with Crippen LogP contribution < -0.4 is 5.73 Å². The molecule has 1 saturated carbocycles. The second-order valence-electron chi connectivity index (χ2n) is 4.90. The van der Waals surface area contributed by atoms with Crippen LogP contribution in [-0.2, 0) is 0 Å². The van der Waals surface area contributed by atoms with Gasteiger partial charge in [0.2, 0.25) is 0 Å². The van der Waals surface area contributed by atoms with E-state index in [0.717, 1.165) is 18.5 Å². The van der Waals surface area contributed by atoms with Crippen LogP contribution in [0.1, 0.15) is 45.4 Å². The SMILES string of the molecule is CC1CCCC(N(C)CCCCN)C1. The summed E-state index contributed by atoms with van der Waals surface area (Å²) >= 11 is 0. The van der Waals surface area contributed by atoms with E-state index in [2.05, 4.69) is 18.9 Å². The zero-order valence-electron chi connectivity index (χ0n) is 9.84. The van der Waals surface area contributed by atoms with Crippen LogP contribution in [0.15, 0.2) is 0 Å². The largest absolute Gasteiger partial charge is 0.330 e. The minimum Gasteiger partial charge on any atom is -0.330 e. The Kier molecular flexibility index (Phi) is 5.49. The van der Waals surface area contributed by atoms with Gasteiger partial charge in [0.25, 0.3) is 0 Å². The number of rotatable bonds is 5. The lowest BCUT2D eigenvalue weighted by Gasteiger charge is -2.34. The van der Waals surface area contributed by atoms with Crippen LogP contribution in [0.2, 0.25) is 0 Å². The summed E-state index contributed by atoms with van der Waals surface area (Å²) in [4.78, 5) is 2.55. The molecule has 1 aliphatic carbocycles. The number of hydrogen-bond acceptors (Lipinski definition) is 2. The van der Waals surface area contributed by atoms with E-state index < -0.39 is 0 Å². The van der Waals surface area contributed by atoms with Crippen LogP contribution >= 0.6 is 0 Å². The first-order valence-corrected chi connectivity index (χ1v) is 6.14. The number of nitrogens with two attached hydrogens (primary N) is 1. The Morgan fingerprint density at radius 2 is 2.07 bits per heavy atom. The van der Waals surface area contributed by atoms with Crippen LogP contribution in [0.4, 0.5) is 0 Å². The second kappa shape index (κ2) is 6.41. The number of nitrogens with zero attached hydrogens (tertiary/aromatic N) is 1. The quantitative estimate of drug-likeness (QED) is 0.686. The Balaban J connectivity index is 2.18. The lowest BCUT2D eigenvalue weighted by atomic mass is 9.86. The van der Waals surface area contributed by atoms with Crippen molar-refractivity contribution in [1.82, 2.24) is 4.90 Å². The first kappa shape index (κ1) is 12.0. The predicted molar refractivity (Wildman–Crippen MR) is 62.3 cm³/mol. The van der Waals surface area contributed by atoms with Gasteiger partial charge in [0.15, 0.2) is 0 Å². The molecule has 0 radical (unpaired) electrons. The summed E-state index contributed by atoms with van der Waals surface area (Å²) in [5, 5.41) is 0. The van der Waals surface area contributed by atoms with E-state index in [9.17, 15) is 0 Å². The number of unbranched alkanes of at least 4 members (excludes halogenated alkanes) is 1. The standard InChI is InChI=1S/C12H26N2/c1-11-6-5-7-12(10-11)14(2)9-4-3-8-13/h11-12H,3-10,13H2,1-2H3. The fourth-order valence-electron chi connectivity index (χ4n) is 2.49. The average Bonchev–Trinajstić information content (AvgIpc) is 2.18. The first-order chi connectivity index (χ1) is 6.74. The van der Waals surface area contributed by atoms with Gasteiger partial charge < -0.3 is 10.6 Å². The summed E-state index contributed by atoms with van der Waals surface area (Å²) in [5.41, 5.74) is 5.50. The highest BCUT2D eigenvalue weighted by molar-refractivity contribution is 4.76. The van der Waals surface area contributed by atoms with Crippen molar-refractivity contribution >= 4 is 0 Å². The van der Waals surface area contributed by atoms with Crippen molar-refractivity contribution in [2.45, 2.75) is 51.5 Å². The Labute approximate surface area is 88.8 Å². The van der Waals surface area contributed by atoms with E-state index in [0.29, 0.717) is 0 Å². The molecular formula is C12H26N2. The van der Waals surface area contributed by atoms with Crippen molar-refractivity contribution in [3.8, 4) is 0 Å². The van der Waals surface area contributed by atoms with E-state index in [1.54, 1.807) is 0 Å². The summed E-state index contributed by atoms with van der Waals surface area (Å²) in [7, 11) is 2.28. The van der Waals surface area contributed by atoms with Gasteiger partial charge in [0.05, 0.1) is 0 Å². The predicted octanol–water partition coefficient (Wildman–Crippen LogP) is 2.24. The van der Waals surface area contributed by atoms with Crippen molar-refractivity contribution in [2.24, 2.45) is 11.7 Å². The Morgan fingerprint density at radius 3 is 2.71 bits per heavy atom. The van der Waals surface area contributed by atoms with E-state index in [4.69, 9.17) is 5.73 Å². The third-order valence-corrected chi connectivity index (χ3v) is 3.50. The lowest BCUT2D eigenvalue weighted by molar-refractivity contribution is 0.162. The zero-order chi connectivity index (χ0) is 10.4. The molecule has 0 saturated heterocycles. The first-order valence-electron chi connectivity index (χ1n) is 6.14. The molecule has 1 aliphatic rings. The Bertz CT molecular complexity index is 147. The normalized spacial score (nSPS) is 28.3. The maximum atomic E-state index is 5.50. The third kappa shape index (κ3) is 3.97. The summed E-state index contributed by atoms with van der Waals surface area (Å²) in [5.74, 6) is 0.936. The Hall–Kier alpha value is -0.0800. The molecule has 0 spiro atoms. The van der Waals surface area contributed by atoms with Gasteiger partial charge in [-0.3, -0.25) is 0 Å². The third-order valence-electron chi connectivity index (χ3n) is 3.50. The monoisotopic (exact) mass is 198 g/mol. The van der Waals surface area contributed by atoms with Crippen molar-refractivity contribution < 1.29 is 0 Å². The van der Waals surface area contributed by atoms with Gasteiger partial charge in [-0.15, -0.1) is 0 Å². The molecule has 14 heavy (non-hydrogen) atoms. The van der Waals surface area contributed by atoms with Gasteiger partial charge in [-0.05, 0) is 51.7 Å². The van der Waals surface area contributed by atoms with Gasteiger partial charge in [-0.2, -0.15) is 0 Å². The molecule has 1 fully saturated rings. The highest BCUT2D eigenvalue weighted by Gasteiger charge is 2.21. The maximum Gasteiger partial charge on any atom is 0.00947 e. The van der Waals surface area contributed by atoms with Gasteiger partial charge >= 0.3 is 0 Å². The molecule has 1 rings (SSSR count). The van der Waals surface area contributed by atoms with Crippen LogP contribution in [-0.4, -0.2) is 31.1 Å². The summed E-state index contributed by atoms with van der Waals surface area (Å²) in [6.45, 7) is 4.46. The molecule has 0 amide bonds. The molecule has 2 atom stereocenters. The second-order valence-corrected chi connectivity index (χ2v) is 4.90. The molecule has 84 valence electrons. The van der Waals surface area contributed by atoms with E-state index in [1.807, 2.05) is 0 Å². The van der Waals surface area contributed by atoms with Gasteiger partial charge in [0.1, 0.15) is 0 Å². The van der Waals surface area contributed by atoms with Crippen molar-refractivity contribution in [3.05, 3.63) is 0 Å². The number of hydrogen-bond donors (Lipinski definition) is 1. The fourth-order valence-corrected chi connectivity index (χ4v) is 2.49. The molecular weight excluding hydrogens is 172 g/mol. The molecule has 2 N–H and O–H groups in total. The summed E-state index contributed by atoms with van der Waals surface area (Å²) in [6, 6.07) is 0.844. The van der Waals surface area contributed by atoms with Crippen LogP contribution in [0.25, 0.3) is 0 Å². The van der Waals surface area contributed by atoms with Gasteiger partial charge in [0, 0.05) is 6.04 Å². The summed E-state index contributed by atoms with van der Waals surface area (Å²) < 4.78 is 0. The highest BCUT2D eigenvalue weighted by Crippen LogP contribution is 2.26. The van der Waals surface area contributed by atoms with Gasteiger partial charge in [-0.1, -0.05) is 19.8 Å². The van der Waals surface area contributed by atoms with E-state index in [-0.39, 0.29) is 0 Å². The van der Waals surface area contributed by atoms with Gasteiger partial charge in [-0.25, -0.2) is 0 Å². The van der Waals surface area contributed by atoms with E-state index in [1.165, 1.54) is 45.1 Å². The van der Waals surface area contributed by atoms with Crippen molar-refractivity contribution in [1.29, 1.82) is 0 Å². The molecule has 0 aromatic rings. The lowest BCUT2D eigenvalue weighted by Crippen LogP contribution is -2.36. The summed E-state index contributed by atoms with van der Waals surface area (Å²) in [6.07, 6.45) is 8.10.